The molecule has 0 aliphatic carbocycles. The fraction of sp³-hybridized carbons (Fsp3) is 0.385. The number of carbonyl (C=O) groups excluding carboxylic acids is 1. The zero-order valence-electron chi connectivity index (χ0n) is 22.2. The van der Waals surface area contributed by atoms with Crippen molar-refractivity contribution in [1.82, 2.24) is 39.6 Å². The first kappa shape index (κ1) is 28.0. The van der Waals surface area contributed by atoms with Gasteiger partial charge in [-0.2, -0.15) is 15.5 Å². The first-order valence-corrected chi connectivity index (χ1v) is 12.7. The maximum Gasteiger partial charge on any atom is 0.255 e. The molecule has 15 heteroatoms. The summed E-state index contributed by atoms with van der Waals surface area (Å²) in [6.07, 6.45) is 0.0720. The number of carbonyl (C=O) groups is 1. The van der Waals surface area contributed by atoms with Crippen molar-refractivity contribution in [3.63, 3.8) is 0 Å². The Morgan fingerprint density at radius 2 is 1.98 bits per heavy atom. The number of rotatable bonds is 9. The topological polar surface area (TPSA) is 149 Å². The molecule has 4 aromatic rings. The molecule has 1 unspecified atom stereocenters. The lowest BCUT2D eigenvalue weighted by Crippen LogP contribution is -2.42. The summed E-state index contributed by atoms with van der Waals surface area (Å²) in [6, 6.07) is 6.88. The van der Waals surface area contributed by atoms with Crippen LogP contribution in [0.4, 0.5) is 24.7 Å². The predicted octanol–water partition coefficient (Wildman–Crippen LogP) is 2.52. The Morgan fingerprint density at radius 1 is 1.17 bits per heavy atom. The Kier molecular flexibility index (Phi) is 7.61. The van der Waals surface area contributed by atoms with E-state index in [9.17, 15) is 23.1 Å². The highest BCUT2D eigenvalue weighted by atomic mass is 19.3. The van der Waals surface area contributed by atoms with Gasteiger partial charge in [0.25, 0.3) is 12.3 Å². The number of hydrogen-bond donors (Lipinski definition) is 3. The summed E-state index contributed by atoms with van der Waals surface area (Å²) in [5.41, 5.74) is 1.08. The lowest BCUT2D eigenvalue weighted by Gasteiger charge is -2.26. The number of nitriles is 1. The van der Waals surface area contributed by atoms with Crippen molar-refractivity contribution in [3.8, 4) is 17.5 Å². The minimum absolute atomic E-state index is 0.0792. The summed E-state index contributed by atoms with van der Waals surface area (Å²) in [4.78, 5) is 23.4. The molecule has 0 spiro atoms. The first-order valence-electron chi connectivity index (χ1n) is 12.7. The van der Waals surface area contributed by atoms with E-state index in [0.717, 1.165) is 5.69 Å². The highest BCUT2D eigenvalue weighted by Crippen LogP contribution is 2.28. The second-order valence-electron chi connectivity index (χ2n) is 10.2. The van der Waals surface area contributed by atoms with Gasteiger partial charge in [-0.3, -0.25) is 19.4 Å². The molecule has 0 aromatic carbocycles. The maximum atomic E-state index is 14.3. The smallest absolute Gasteiger partial charge is 0.255 e. The molecule has 0 saturated carbocycles. The van der Waals surface area contributed by atoms with Gasteiger partial charge in [-0.1, -0.05) is 0 Å². The summed E-state index contributed by atoms with van der Waals surface area (Å²) in [7, 11) is 0. The van der Waals surface area contributed by atoms with Crippen LogP contribution in [0.25, 0.3) is 17.0 Å². The molecule has 0 radical (unpaired) electrons. The molecule has 1 aliphatic rings. The van der Waals surface area contributed by atoms with Gasteiger partial charge in [0.15, 0.2) is 11.5 Å². The second-order valence-corrected chi connectivity index (χ2v) is 10.2. The number of nitrogens with zero attached hydrogens (tertiary/aromatic N) is 8. The first-order chi connectivity index (χ1) is 19.5. The lowest BCUT2D eigenvalue weighted by atomic mass is 10.0. The Bertz CT molecular complexity index is 1620. The number of halogens is 3. The van der Waals surface area contributed by atoms with Crippen LogP contribution >= 0.6 is 0 Å². The van der Waals surface area contributed by atoms with Gasteiger partial charge < -0.3 is 15.7 Å². The summed E-state index contributed by atoms with van der Waals surface area (Å²) >= 11 is 0. The van der Waals surface area contributed by atoms with Crippen LogP contribution in [-0.4, -0.2) is 83.1 Å². The summed E-state index contributed by atoms with van der Waals surface area (Å²) < 4.78 is 43.3. The molecule has 4 aromatic heterocycles. The van der Waals surface area contributed by atoms with E-state index in [1.807, 2.05) is 6.07 Å². The Balaban J connectivity index is 1.47. The minimum Gasteiger partial charge on any atom is -0.387 e. The molecular weight excluding hydrogens is 541 g/mol. The summed E-state index contributed by atoms with van der Waals surface area (Å²) in [6.45, 7) is 2.98. The quantitative estimate of drug-likeness (QED) is 0.277. The van der Waals surface area contributed by atoms with Crippen molar-refractivity contribution < 1.29 is 23.1 Å². The number of fused-ring (bicyclic) bond motifs is 2. The van der Waals surface area contributed by atoms with Crippen LogP contribution in [0.5, 0.6) is 0 Å². The molecule has 1 amide bonds. The molecular formula is C26H27F3N10O2. The van der Waals surface area contributed by atoms with Gasteiger partial charge in [-0.25, -0.2) is 22.7 Å². The Hall–Kier alpha value is -4.55. The van der Waals surface area contributed by atoms with Gasteiger partial charge in [0, 0.05) is 31.4 Å². The van der Waals surface area contributed by atoms with Crippen LogP contribution in [0.15, 0.2) is 36.8 Å². The van der Waals surface area contributed by atoms with Crippen LogP contribution in [0.3, 0.4) is 0 Å². The average molecular weight is 569 g/mol. The number of aromatic nitrogens is 6. The highest BCUT2D eigenvalue weighted by molar-refractivity contribution is 6.00. The van der Waals surface area contributed by atoms with Crippen LogP contribution in [-0.2, 0) is 13.1 Å². The molecule has 3 N–H and O–H groups in total. The van der Waals surface area contributed by atoms with Crippen LogP contribution < -0.4 is 10.6 Å². The third-order valence-corrected chi connectivity index (χ3v) is 6.65. The van der Waals surface area contributed by atoms with Crippen molar-refractivity contribution in [2.45, 2.75) is 45.1 Å². The van der Waals surface area contributed by atoms with Gasteiger partial charge in [0.05, 0.1) is 65.8 Å². The van der Waals surface area contributed by atoms with E-state index in [-0.39, 0.29) is 17.8 Å². The zero-order valence-corrected chi connectivity index (χ0v) is 22.2. The maximum absolute atomic E-state index is 14.3. The molecule has 1 atom stereocenters. The fourth-order valence-corrected chi connectivity index (χ4v) is 4.39. The van der Waals surface area contributed by atoms with E-state index in [1.54, 1.807) is 27.8 Å². The van der Waals surface area contributed by atoms with Gasteiger partial charge in [0.1, 0.15) is 17.9 Å². The standard InChI is InChI=1S/C26H27F3N10O2/c1-26(2,41)21(27)12-33-25(40)17-10-31-19(20-11-32-24-5-15(8-30)9-34-39(20)24)7-18(17)35-23-6-16-13-37(14-22(28)29)3-4-38(16)36-23/h5-7,9-11,21-22,41H,3-4,12-14H2,1-2H3,(H,33,40)(H,31,35,36). The molecule has 5 heterocycles. The van der Waals surface area contributed by atoms with Crippen molar-refractivity contribution in [2.24, 2.45) is 0 Å². The second kappa shape index (κ2) is 11.1. The molecule has 0 saturated heterocycles. The van der Waals surface area contributed by atoms with Crippen molar-refractivity contribution >= 4 is 23.1 Å². The average Bonchev–Trinajstić information content (AvgIpc) is 3.53. The number of hydrogen-bond acceptors (Lipinski definition) is 9. The fourth-order valence-electron chi connectivity index (χ4n) is 4.39. The summed E-state index contributed by atoms with van der Waals surface area (Å²) in [5, 5.41) is 33.4. The Morgan fingerprint density at radius 3 is 2.71 bits per heavy atom. The number of alkyl halides is 3. The van der Waals surface area contributed by atoms with Crippen LogP contribution in [0, 0.1) is 11.3 Å². The molecule has 1 aliphatic heterocycles. The summed E-state index contributed by atoms with van der Waals surface area (Å²) in [5.74, 6) is -0.264. The van der Waals surface area contributed by atoms with E-state index in [4.69, 9.17) is 5.26 Å². The number of imidazole rings is 1. The van der Waals surface area contributed by atoms with Crippen LogP contribution in [0.2, 0.25) is 0 Å². The van der Waals surface area contributed by atoms with E-state index < -0.39 is 30.7 Å². The number of pyridine rings is 1. The molecule has 12 nitrogen and oxygen atoms in total. The monoisotopic (exact) mass is 568 g/mol. The Labute approximate surface area is 232 Å². The van der Waals surface area contributed by atoms with Crippen molar-refractivity contribution in [2.75, 3.05) is 25.0 Å². The third-order valence-electron chi connectivity index (χ3n) is 6.65. The van der Waals surface area contributed by atoms with E-state index >= 15 is 0 Å². The largest absolute Gasteiger partial charge is 0.387 e. The van der Waals surface area contributed by atoms with Gasteiger partial charge in [0.2, 0.25) is 0 Å². The van der Waals surface area contributed by atoms with Gasteiger partial charge in [-0.15, -0.1) is 0 Å². The van der Waals surface area contributed by atoms with Gasteiger partial charge in [-0.05, 0) is 19.9 Å². The zero-order chi connectivity index (χ0) is 29.3. The molecule has 214 valence electrons. The molecule has 0 fully saturated rings. The highest BCUT2D eigenvalue weighted by Gasteiger charge is 2.28. The molecule has 5 rings (SSSR count). The van der Waals surface area contributed by atoms with E-state index in [2.05, 4.69) is 30.8 Å². The van der Waals surface area contributed by atoms with E-state index in [1.165, 1.54) is 37.0 Å². The van der Waals surface area contributed by atoms with Crippen LogP contribution in [0.1, 0.15) is 35.5 Å². The molecule has 41 heavy (non-hydrogen) atoms. The van der Waals surface area contributed by atoms with Gasteiger partial charge >= 0.3 is 0 Å². The van der Waals surface area contributed by atoms with Crippen molar-refractivity contribution in [1.29, 1.82) is 5.26 Å². The van der Waals surface area contributed by atoms with E-state index in [0.29, 0.717) is 48.1 Å². The normalized spacial score (nSPS) is 14.6. The lowest BCUT2D eigenvalue weighted by molar-refractivity contribution is -0.00177. The number of amides is 1. The number of anilines is 2. The third kappa shape index (κ3) is 6.13. The SMILES string of the molecule is CC(C)(O)C(F)CNC(=O)c1cnc(-c2cnc3cc(C#N)cnn23)cc1Nc1cc2n(n1)CCN(CC(F)F)C2. The molecule has 0 bridgehead atoms. The number of aliphatic hydroxyl groups is 1. The minimum atomic E-state index is -2.45. The number of nitrogens with one attached hydrogen (secondary N) is 2. The predicted molar refractivity (Wildman–Crippen MR) is 141 cm³/mol. The van der Waals surface area contributed by atoms with Crippen molar-refractivity contribution in [3.05, 3.63) is 53.6 Å².